The Morgan fingerprint density at radius 3 is 1.75 bits per heavy atom. The summed E-state index contributed by atoms with van der Waals surface area (Å²) in [6.07, 6.45) is 3.55. The van der Waals surface area contributed by atoms with Crippen molar-refractivity contribution in [1.82, 2.24) is 9.97 Å². The topological polar surface area (TPSA) is 130 Å². The van der Waals surface area contributed by atoms with Crippen molar-refractivity contribution >= 4 is 31.7 Å². The zero-order valence-corrected chi connectivity index (χ0v) is 21.2. The van der Waals surface area contributed by atoms with Crippen LogP contribution in [0.25, 0.3) is 10.4 Å². The number of nitrogens with zero attached hydrogens (tertiary/aromatic N) is 5. The average molecular weight is 510 g/mol. The van der Waals surface area contributed by atoms with Crippen molar-refractivity contribution in [3.63, 3.8) is 0 Å². The molecule has 0 aromatic carbocycles. The summed E-state index contributed by atoms with van der Waals surface area (Å²) in [5.74, 6) is 0. The molecule has 0 saturated heterocycles. The van der Waals surface area contributed by atoms with E-state index in [1.165, 1.54) is 0 Å². The molecule has 0 saturated carbocycles. The van der Waals surface area contributed by atoms with Crippen molar-refractivity contribution in [1.29, 1.82) is 0 Å². The van der Waals surface area contributed by atoms with Gasteiger partial charge < -0.3 is 28.4 Å². The maximum absolute atomic E-state index is 8.10. The summed E-state index contributed by atoms with van der Waals surface area (Å²) in [4.78, 5) is 11.2. The minimum atomic E-state index is -0.494. The molecule has 0 spiro atoms. The highest BCUT2D eigenvalue weighted by molar-refractivity contribution is 8.00. The van der Waals surface area contributed by atoms with E-state index in [2.05, 4.69) is 20.0 Å². The number of hydrogen-bond donors (Lipinski definition) is 0. The molecule has 0 unspecified atom stereocenters. The maximum atomic E-state index is 8.10. The third-order valence-electron chi connectivity index (χ3n) is 3.52. The van der Waals surface area contributed by atoms with Gasteiger partial charge in [-0.3, -0.25) is 0 Å². The van der Waals surface area contributed by atoms with E-state index in [-0.39, 0.29) is 0 Å². The highest BCUT2D eigenvalue weighted by Gasteiger charge is 1.99. The Kier molecular flexibility index (Phi) is 21.0. The molecular formula is C18H32ClN5O6SSi. The molecule has 0 amide bonds. The minimum Gasteiger partial charge on any atom is -0.379 e. The fraction of sp³-hybridized carbons (Fsp3) is 0.778. The van der Waals surface area contributed by atoms with Gasteiger partial charge in [0, 0.05) is 34.8 Å². The molecule has 0 aliphatic heterocycles. The van der Waals surface area contributed by atoms with Gasteiger partial charge in [0.25, 0.3) is 0 Å². The highest BCUT2D eigenvalue weighted by atomic mass is 35.6. The molecule has 0 aliphatic carbocycles. The second kappa shape index (κ2) is 23.2. The van der Waals surface area contributed by atoms with Gasteiger partial charge in [-0.25, -0.2) is 9.97 Å². The zero-order chi connectivity index (χ0) is 23.0. The number of thioether (sulfide) groups is 1. The number of hydrogen-bond acceptors (Lipinski definition) is 10. The standard InChI is InChI=1S/C18H32ClN5O6SSi/c19-32-16-31-18-21-13-17(14-22-18)15-30-12-11-29-10-9-28-8-7-27-6-5-26-4-3-25-2-1-23-24-20/h13-14H,1-12,15-16,32H2. The molecular weight excluding hydrogens is 478 g/mol. The summed E-state index contributed by atoms with van der Waals surface area (Å²) < 4.78 is 32.4. The number of halogens is 1. The van der Waals surface area contributed by atoms with E-state index in [0.29, 0.717) is 85.8 Å². The number of aromatic nitrogens is 2. The number of ether oxygens (including phenoxy) is 6. The van der Waals surface area contributed by atoms with Crippen molar-refractivity contribution < 1.29 is 28.4 Å². The third kappa shape index (κ3) is 18.6. The smallest absolute Gasteiger partial charge is 0.187 e. The predicted octanol–water partition coefficient (Wildman–Crippen LogP) is 1.76. The summed E-state index contributed by atoms with van der Waals surface area (Å²) in [7, 11) is -0.494. The van der Waals surface area contributed by atoms with Gasteiger partial charge in [-0.1, -0.05) is 16.9 Å². The fourth-order valence-corrected chi connectivity index (χ4v) is 4.05. The van der Waals surface area contributed by atoms with Crippen LogP contribution in [-0.4, -0.2) is 103 Å². The highest BCUT2D eigenvalue weighted by Crippen LogP contribution is 2.11. The molecule has 11 nitrogen and oxygen atoms in total. The van der Waals surface area contributed by atoms with E-state index in [9.17, 15) is 0 Å². The quantitative estimate of drug-likeness (QED) is 0.0316. The molecule has 1 heterocycles. The minimum absolute atomic E-state index is 0.333. The molecule has 32 heavy (non-hydrogen) atoms. The van der Waals surface area contributed by atoms with Gasteiger partial charge in [0.2, 0.25) is 0 Å². The van der Waals surface area contributed by atoms with Crippen molar-refractivity contribution in [3.05, 3.63) is 28.4 Å². The first-order valence-corrected chi connectivity index (χ1v) is 14.5. The van der Waals surface area contributed by atoms with Gasteiger partial charge in [0.1, 0.15) is 8.83 Å². The lowest BCUT2D eigenvalue weighted by atomic mass is 10.4. The second-order valence-electron chi connectivity index (χ2n) is 5.98. The molecule has 0 atom stereocenters. The van der Waals surface area contributed by atoms with E-state index in [0.717, 1.165) is 16.1 Å². The Labute approximate surface area is 200 Å². The van der Waals surface area contributed by atoms with Gasteiger partial charge in [-0.15, -0.1) is 0 Å². The summed E-state index contributed by atoms with van der Waals surface area (Å²) >= 11 is 7.37. The first-order valence-electron chi connectivity index (χ1n) is 10.3. The van der Waals surface area contributed by atoms with E-state index in [1.54, 1.807) is 24.2 Å². The molecule has 14 heteroatoms. The van der Waals surface area contributed by atoms with Crippen molar-refractivity contribution in [2.75, 3.05) is 84.6 Å². The first-order chi connectivity index (χ1) is 15.9. The van der Waals surface area contributed by atoms with E-state index < -0.39 is 8.83 Å². The van der Waals surface area contributed by atoms with Gasteiger partial charge >= 0.3 is 0 Å². The second-order valence-corrected chi connectivity index (χ2v) is 9.78. The molecule has 1 aromatic heterocycles. The van der Waals surface area contributed by atoms with Crippen LogP contribution in [0.15, 0.2) is 22.7 Å². The molecule has 1 rings (SSSR count). The lowest BCUT2D eigenvalue weighted by molar-refractivity contribution is -0.0174. The lowest BCUT2D eigenvalue weighted by Crippen LogP contribution is -2.14. The van der Waals surface area contributed by atoms with Crippen LogP contribution in [0.2, 0.25) is 0 Å². The Balaban J connectivity index is 1.76. The summed E-state index contributed by atoms with van der Waals surface area (Å²) in [6.45, 7) is 6.14. The van der Waals surface area contributed by atoms with Gasteiger partial charge in [0.15, 0.2) is 5.16 Å². The Morgan fingerprint density at radius 2 is 1.28 bits per heavy atom. The molecule has 1 aromatic rings. The van der Waals surface area contributed by atoms with Crippen LogP contribution in [-0.2, 0) is 35.0 Å². The van der Waals surface area contributed by atoms with Crippen LogP contribution in [0.3, 0.4) is 0 Å². The number of azide groups is 1. The van der Waals surface area contributed by atoms with Crippen LogP contribution in [0.4, 0.5) is 0 Å². The average Bonchev–Trinajstić information content (AvgIpc) is 2.82. The van der Waals surface area contributed by atoms with Gasteiger partial charge in [-0.2, -0.15) is 11.1 Å². The van der Waals surface area contributed by atoms with Crippen LogP contribution in [0, 0.1) is 0 Å². The van der Waals surface area contributed by atoms with Crippen molar-refractivity contribution in [3.8, 4) is 0 Å². The van der Waals surface area contributed by atoms with Crippen LogP contribution < -0.4 is 0 Å². The Bertz CT molecular complexity index is 604. The Hall–Kier alpha value is -0.993. The summed E-state index contributed by atoms with van der Waals surface area (Å²) in [5.41, 5.74) is 9.04. The van der Waals surface area contributed by atoms with Crippen LogP contribution >= 0.6 is 22.8 Å². The molecule has 0 bridgehead atoms. The fourth-order valence-electron chi connectivity index (χ4n) is 2.06. The Morgan fingerprint density at radius 1 is 0.812 bits per heavy atom. The van der Waals surface area contributed by atoms with Gasteiger partial charge in [0.05, 0.1) is 79.3 Å². The summed E-state index contributed by atoms with van der Waals surface area (Å²) in [6, 6.07) is 0. The molecule has 0 fully saturated rings. The van der Waals surface area contributed by atoms with E-state index in [1.807, 2.05) is 0 Å². The zero-order valence-electron chi connectivity index (χ0n) is 18.2. The molecule has 182 valence electrons. The third-order valence-corrected chi connectivity index (χ3v) is 6.81. The molecule has 0 N–H and O–H groups in total. The van der Waals surface area contributed by atoms with Crippen LogP contribution in [0.5, 0.6) is 0 Å². The van der Waals surface area contributed by atoms with Crippen molar-refractivity contribution in [2.45, 2.75) is 11.8 Å². The molecule has 0 radical (unpaired) electrons. The summed E-state index contributed by atoms with van der Waals surface area (Å²) in [5, 5.41) is 5.05. The van der Waals surface area contributed by atoms with Crippen LogP contribution in [0.1, 0.15) is 5.56 Å². The van der Waals surface area contributed by atoms with Crippen molar-refractivity contribution in [2.24, 2.45) is 5.11 Å². The van der Waals surface area contributed by atoms with Gasteiger partial charge in [-0.05, 0) is 5.53 Å². The first kappa shape index (κ1) is 29.0. The molecule has 0 aliphatic rings. The lowest BCUT2D eigenvalue weighted by Gasteiger charge is -2.08. The number of rotatable bonds is 23. The SMILES string of the molecule is [N-]=[N+]=NCCOCCOCCOCCOCCOCCOCc1cnc(SC[SiH2]Cl)nc1. The van der Waals surface area contributed by atoms with E-state index >= 15 is 0 Å². The largest absolute Gasteiger partial charge is 0.379 e. The predicted molar refractivity (Wildman–Crippen MR) is 125 cm³/mol. The normalized spacial score (nSPS) is 11.3. The van der Waals surface area contributed by atoms with E-state index in [4.69, 9.17) is 45.0 Å². The maximum Gasteiger partial charge on any atom is 0.187 e. The monoisotopic (exact) mass is 509 g/mol.